The van der Waals surface area contributed by atoms with Gasteiger partial charge in [0.2, 0.25) is 5.91 Å². The molecule has 5 rings (SSSR count). The van der Waals surface area contributed by atoms with Crippen molar-refractivity contribution in [3.05, 3.63) is 114 Å². The van der Waals surface area contributed by atoms with Gasteiger partial charge in [0.05, 0.1) is 5.41 Å². The predicted octanol–water partition coefficient (Wildman–Crippen LogP) is 4.75. The summed E-state index contributed by atoms with van der Waals surface area (Å²) in [4.78, 5) is 29.1. The topological polar surface area (TPSA) is 37.4 Å². The average Bonchev–Trinajstić information content (AvgIpc) is 3.42. The predicted molar refractivity (Wildman–Crippen MR) is 114 cm³/mol. The van der Waals surface area contributed by atoms with Crippen LogP contribution in [0.3, 0.4) is 0 Å². The van der Waals surface area contributed by atoms with Crippen LogP contribution >= 0.6 is 0 Å². The molecule has 1 aliphatic heterocycles. The van der Waals surface area contributed by atoms with Crippen LogP contribution in [0.25, 0.3) is 0 Å². The first-order valence-electron chi connectivity index (χ1n) is 9.87. The van der Waals surface area contributed by atoms with Crippen molar-refractivity contribution in [3.8, 4) is 0 Å². The number of hydrogen-bond donors (Lipinski definition) is 0. The fraction of sp³-hybridized carbons (Fsp3) is 0.154. The fourth-order valence-corrected chi connectivity index (χ4v) is 5.06. The lowest BCUT2D eigenvalue weighted by Crippen LogP contribution is -2.34. The summed E-state index contributed by atoms with van der Waals surface area (Å²) in [6, 6.07) is 27.1. The van der Waals surface area contributed by atoms with Crippen molar-refractivity contribution >= 4 is 17.4 Å². The second-order valence-electron chi connectivity index (χ2n) is 7.69. The van der Waals surface area contributed by atoms with E-state index >= 15 is 0 Å². The highest BCUT2D eigenvalue weighted by Gasteiger charge is 2.77. The normalized spacial score (nSPS) is 24.4. The molecule has 142 valence electrons. The van der Waals surface area contributed by atoms with E-state index in [4.69, 9.17) is 0 Å². The number of fused-ring (bicyclic) bond motifs is 2. The molecule has 1 amide bonds. The molecule has 3 unspecified atom stereocenters. The molecule has 0 radical (unpaired) electrons. The van der Waals surface area contributed by atoms with Gasteiger partial charge in [-0.1, -0.05) is 84.9 Å². The molecule has 3 heteroatoms. The average molecular weight is 379 g/mol. The van der Waals surface area contributed by atoms with Crippen LogP contribution in [0, 0.1) is 5.92 Å². The molecular formula is C26H21NO2. The summed E-state index contributed by atoms with van der Waals surface area (Å²) in [5.41, 5.74) is 2.69. The van der Waals surface area contributed by atoms with E-state index in [1.165, 1.54) is 0 Å². The summed E-state index contributed by atoms with van der Waals surface area (Å²) in [6.07, 6.45) is 1.74. The lowest BCUT2D eigenvalue weighted by atomic mass is 9.90. The minimum Gasteiger partial charge on any atom is -0.307 e. The number of ketones is 1. The molecule has 1 spiro atoms. The standard InChI is InChI=1S/C26H21NO2/c1-2-17-27-21-16-10-9-15-20(21)26(25(27)29)22(18-11-5-3-6-12-18)23(26)24(28)19-13-7-4-8-14-19/h2-16,22-23H,1,17H2. The highest BCUT2D eigenvalue weighted by atomic mass is 16.2. The summed E-state index contributed by atoms with van der Waals surface area (Å²) in [7, 11) is 0. The van der Waals surface area contributed by atoms with Gasteiger partial charge in [-0.05, 0) is 17.2 Å². The molecule has 1 fully saturated rings. The zero-order valence-corrected chi connectivity index (χ0v) is 16.0. The monoisotopic (exact) mass is 379 g/mol. The number of nitrogens with zero attached hydrogens (tertiary/aromatic N) is 1. The Kier molecular flexibility index (Phi) is 3.99. The first kappa shape index (κ1) is 17.6. The number of para-hydroxylation sites is 1. The van der Waals surface area contributed by atoms with Crippen LogP contribution in [0.1, 0.15) is 27.4 Å². The third-order valence-corrected chi connectivity index (χ3v) is 6.26. The Morgan fingerprint density at radius 2 is 1.55 bits per heavy atom. The largest absolute Gasteiger partial charge is 0.307 e. The number of anilines is 1. The van der Waals surface area contributed by atoms with Gasteiger partial charge in [0.15, 0.2) is 5.78 Å². The number of carbonyl (C=O) groups excluding carboxylic acids is 2. The Hall–Kier alpha value is -3.46. The first-order chi connectivity index (χ1) is 14.2. The zero-order chi connectivity index (χ0) is 20.0. The summed E-state index contributed by atoms with van der Waals surface area (Å²) in [5, 5.41) is 0. The third-order valence-electron chi connectivity index (χ3n) is 6.26. The van der Waals surface area contributed by atoms with Crippen LogP contribution in [-0.4, -0.2) is 18.2 Å². The summed E-state index contributed by atoms with van der Waals surface area (Å²) in [6.45, 7) is 4.25. The second-order valence-corrected chi connectivity index (χ2v) is 7.69. The van der Waals surface area contributed by atoms with Crippen molar-refractivity contribution in [2.75, 3.05) is 11.4 Å². The lowest BCUT2D eigenvalue weighted by molar-refractivity contribution is -0.120. The van der Waals surface area contributed by atoms with Gasteiger partial charge in [0.1, 0.15) is 0 Å². The molecular weight excluding hydrogens is 358 g/mol. The highest BCUT2D eigenvalue weighted by Crippen LogP contribution is 2.71. The van der Waals surface area contributed by atoms with Gasteiger partial charge in [-0.3, -0.25) is 9.59 Å². The van der Waals surface area contributed by atoms with Crippen LogP contribution in [0.5, 0.6) is 0 Å². The Morgan fingerprint density at radius 3 is 2.24 bits per heavy atom. The number of rotatable bonds is 5. The minimum absolute atomic E-state index is 0.00161. The van der Waals surface area contributed by atoms with Gasteiger partial charge in [0, 0.05) is 29.6 Å². The number of amides is 1. The molecule has 0 bridgehead atoms. The van der Waals surface area contributed by atoms with E-state index in [0.29, 0.717) is 12.1 Å². The minimum atomic E-state index is -0.839. The molecule has 29 heavy (non-hydrogen) atoms. The molecule has 0 aromatic heterocycles. The van der Waals surface area contributed by atoms with E-state index in [2.05, 4.69) is 6.58 Å². The molecule has 3 atom stereocenters. The number of carbonyl (C=O) groups is 2. The van der Waals surface area contributed by atoms with Crippen LogP contribution in [0.2, 0.25) is 0 Å². The quantitative estimate of drug-likeness (QED) is 0.474. The molecule has 3 aromatic carbocycles. The molecule has 1 aliphatic carbocycles. The molecule has 0 N–H and O–H groups in total. The Morgan fingerprint density at radius 1 is 0.931 bits per heavy atom. The summed E-state index contributed by atoms with van der Waals surface area (Å²) >= 11 is 0. The third kappa shape index (κ3) is 2.37. The Labute approximate surface area is 170 Å². The van der Waals surface area contributed by atoms with Crippen LogP contribution < -0.4 is 4.90 Å². The zero-order valence-electron chi connectivity index (χ0n) is 16.0. The Bertz CT molecular complexity index is 1110. The van der Waals surface area contributed by atoms with Crippen LogP contribution in [0.4, 0.5) is 5.69 Å². The number of benzene rings is 3. The van der Waals surface area contributed by atoms with Crippen LogP contribution in [-0.2, 0) is 10.2 Å². The molecule has 3 aromatic rings. The SMILES string of the molecule is C=CCN1C(=O)C2(c3ccccc31)C(C(=O)c1ccccc1)C2c1ccccc1. The number of hydrogen-bond acceptors (Lipinski definition) is 2. The number of Topliss-reactive ketones (excluding diaryl/α,β-unsaturated/α-hetero) is 1. The summed E-state index contributed by atoms with van der Waals surface area (Å²) in [5.74, 6) is -0.541. The van der Waals surface area contributed by atoms with Crippen molar-refractivity contribution in [1.82, 2.24) is 0 Å². The van der Waals surface area contributed by atoms with E-state index in [9.17, 15) is 9.59 Å². The van der Waals surface area contributed by atoms with E-state index < -0.39 is 11.3 Å². The first-order valence-corrected chi connectivity index (χ1v) is 9.87. The van der Waals surface area contributed by atoms with Crippen molar-refractivity contribution in [3.63, 3.8) is 0 Å². The van der Waals surface area contributed by atoms with Gasteiger partial charge in [-0.15, -0.1) is 6.58 Å². The highest BCUT2D eigenvalue weighted by molar-refractivity contribution is 6.18. The van der Waals surface area contributed by atoms with Gasteiger partial charge < -0.3 is 4.90 Å². The molecule has 3 nitrogen and oxygen atoms in total. The molecule has 1 saturated carbocycles. The van der Waals surface area contributed by atoms with Gasteiger partial charge in [-0.25, -0.2) is 0 Å². The van der Waals surface area contributed by atoms with Gasteiger partial charge >= 0.3 is 0 Å². The smallest absolute Gasteiger partial charge is 0.239 e. The van der Waals surface area contributed by atoms with Gasteiger partial charge in [-0.2, -0.15) is 0 Å². The summed E-state index contributed by atoms with van der Waals surface area (Å²) < 4.78 is 0. The van der Waals surface area contributed by atoms with E-state index in [0.717, 1.165) is 16.8 Å². The Balaban J connectivity index is 1.70. The maximum atomic E-state index is 13.8. The molecule has 1 heterocycles. The maximum Gasteiger partial charge on any atom is 0.239 e. The van der Waals surface area contributed by atoms with Gasteiger partial charge in [0.25, 0.3) is 0 Å². The second kappa shape index (κ2) is 6.56. The van der Waals surface area contributed by atoms with Crippen molar-refractivity contribution in [2.45, 2.75) is 11.3 Å². The molecule has 0 saturated heterocycles. The fourth-order valence-electron chi connectivity index (χ4n) is 5.06. The van der Waals surface area contributed by atoms with E-state index in [-0.39, 0.29) is 17.6 Å². The lowest BCUT2D eigenvalue weighted by Gasteiger charge is -2.16. The maximum absolute atomic E-state index is 13.8. The van der Waals surface area contributed by atoms with E-state index in [1.54, 1.807) is 11.0 Å². The van der Waals surface area contributed by atoms with Crippen LogP contribution in [0.15, 0.2) is 97.6 Å². The van der Waals surface area contributed by atoms with Crippen molar-refractivity contribution in [1.29, 1.82) is 0 Å². The van der Waals surface area contributed by atoms with Crippen molar-refractivity contribution in [2.24, 2.45) is 5.92 Å². The van der Waals surface area contributed by atoms with Crippen molar-refractivity contribution < 1.29 is 9.59 Å². The molecule has 2 aliphatic rings. The van der Waals surface area contributed by atoms with E-state index in [1.807, 2.05) is 84.9 Å².